The highest BCUT2D eigenvalue weighted by Crippen LogP contribution is 2.40. The van der Waals surface area contributed by atoms with E-state index < -0.39 is 23.9 Å². The molecule has 3 aromatic heterocycles. The highest BCUT2D eigenvalue weighted by molar-refractivity contribution is 7.21. The fraction of sp³-hybridized carbons (Fsp3) is 0.455. The lowest BCUT2D eigenvalue weighted by atomic mass is 9.90. The molecule has 0 amide bonds. The first-order chi connectivity index (χ1) is 24.0. The van der Waals surface area contributed by atoms with Crippen molar-refractivity contribution in [1.82, 2.24) is 0 Å². The summed E-state index contributed by atoms with van der Waals surface area (Å²) in [4.78, 5) is 61.8. The average molecular weight is 749 g/mol. The zero-order valence-electron chi connectivity index (χ0n) is 28.5. The lowest BCUT2D eigenvalue weighted by Gasteiger charge is -2.37. The number of anilines is 2. The van der Waals surface area contributed by atoms with Crippen LogP contribution in [0.1, 0.15) is 91.4 Å². The summed E-state index contributed by atoms with van der Waals surface area (Å²) in [5.74, 6) is -2.97. The van der Waals surface area contributed by atoms with Crippen molar-refractivity contribution < 1.29 is 47.6 Å². The summed E-state index contributed by atoms with van der Waals surface area (Å²) in [6.45, 7) is 11.3. The highest BCUT2D eigenvalue weighted by Gasteiger charge is 2.34. The quantitative estimate of drug-likeness (QED) is 0.0724. The number of thiophene rings is 3. The Morgan fingerprint density at radius 1 is 0.760 bits per heavy atom. The number of nitrogens with two attached hydrogens (primary N) is 2. The second-order valence-corrected chi connectivity index (χ2v) is 14.3. The number of nitrogen functional groups attached to an aromatic ring is 2. The van der Waals surface area contributed by atoms with Crippen molar-refractivity contribution in [3.8, 4) is 0 Å². The maximum atomic E-state index is 13.0. The Morgan fingerprint density at radius 2 is 1.22 bits per heavy atom. The van der Waals surface area contributed by atoms with Crippen LogP contribution in [0.5, 0.6) is 0 Å². The van der Waals surface area contributed by atoms with Gasteiger partial charge in [0.15, 0.2) is 0 Å². The van der Waals surface area contributed by atoms with E-state index in [-0.39, 0.29) is 74.1 Å². The molecule has 1 saturated heterocycles. The van der Waals surface area contributed by atoms with E-state index in [1.54, 1.807) is 40.1 Å². The van der Waals surface area contributed by atoms with Crippen LogP contribution in [0.4, 0.5) is 20.0 Å². The smallest absolute Gasteiger partial charge is 0.342 e. The van der Waals surface area contributed by atoms with Crippen molar-refractivity contribution in [1.29, 1.82) is 0 Å². The molecule has 0 radical (unpaired) electrons. The summed E-state index contributed by atoms with van der Waals surface area (Å²) in [6, 6.07) is 1.90. The van der Waals surface area contributed by atoms with Gasteiger partial charge in [0, 0.05) is 27.6 Å². The molecule has 0 atom stereocenters. The number of carbonyl (C=O) groups excluding carboxylic acids is 4. The Morgan fingerprint density at radius 3 is 1.66 bits per heavy atom. The van der Waals surface area contributed by atoms with Crippen LogP contribution in [0, 0.1) is 5.41 Å². The Labute approximate surface area is 301 Å². The number of carbonyl (C=O) groups is 4. The second kappa shape index (κ2) is 17.7. The molecule has 4 heterocycles. The summed E-state index contributed by atoms with van der Waals surface area (Å²) in [6.07, 6.45) is 3.64. The van der Waals surface area contributed by atoms with Gasteiger partial charge in [-0.05, 0) is 45.7 Å². The van der Waals surface area contributed by atoms with Crippen molar-refractivity contribution in [2.75, 3.05) is 64.3 Å². The minimum atomic E-state index is -0.744. The first-order valence-electron chi connectivity index (χ1n) is 15.9. The molecule has 0 bridgehead atoms. The third-order valence-electron chi connectivity index (χ3n) is 7.09. The fourth-order valence-electron chi connectivity index (χ4n) is 4.76. The van der Waals surface area contributed by atoms with Crippen LogP contribution in [-0.2, 0) is 34.8 Å². The van der Waals surface area contributed by atoms with Gasteiger partial charge >= 0.3 is 23.9 Å². The fourth-order valence-corrected chi connectivity index (χ4v) is 7.49. The Kier molecular flexibility index (Phi) is 13.7. The molecule has 1 aliphatic rings. The van der Waals surface area contributed by atoms with E-state index in [0.29, 0.717) is 37.7 Å². The molecule has 1 aliphatic heterocycles. The number of rotatable bonds is 17. The Hall–Kier alpha value is -4.16. The van der Waals surface area contributed by atoms with E-state index in [2.05, 4.69) is 16.9 Å². The van der Waals surface area contributed by atoms with Crippen LogP contribution in [0.3, 0.4) is 0 Å². The van der Waals surface area contributed by atoms with Crippen molar-refractivity contribution in [3.63, 3.8) is 0 Å². The van der Waals surface area contributed by atoms with Gasteiger partial charge in [0.1, 0.15) is 42.3 Å². The minimum Gasteiger partial charge on any atom is -0.462 e. The molecule has 17 heteroatoms. The van der Waals surface area contributed by atoms with E-state index in [1.807, 2.05) is 6.07 Å². The van der Waals surface area contributed by atoms with E-state index in [0.717, 1.165) is 33.1 Å². The molecule has 3 aromatic rings. The summed E-state index contributed by atoms with van der Waals surface area (Å²) in [5, 5.41) is 0.533. The largest absolute Gasteiger partial charge is 0.462 e. The molecule has 0 saturated carbocycles. The number of ether oxygens (including phenoxy) is 6. The summed E-state index contributed by atoms with van der Waals surface area (Å²) < 4.78 is 32.0. The molecule has 0 aromatic carbocycles. The van der Waals surface area contributed by atoms with Crippen LogP contribution < -0.4 is 11.5 Å². The molecular weight excluding hydrogens is 709 g/mol. The van der Waals surface area contributed by atoms with Crippen molar-refractivity contribution in [2.45, 2.75) is 41.0 Å². The Bertz CT molecular complexity index is 1770. The van der Waals surface area contributed by atoms with Gasteiger partial charge in [0.25, 0.3) is 0 Å². The molecule has 50 heavy (non-hydrogen) atoms. The second-order valence-electron chi connectivity index (χ2n) is 11.1. The number of aliphatic imine (C=N–C) groups is 2. The predicted molar refractivity (Wildman–Crippen MR) is 194 cm³/mol. The van der Waals surface area contributed by atoms with Crippen LogP contribution >= 0.6 is 34.0 Å². The molecule has 270 valence electrons. The number of esters is 4. The lowest BCUT2D eigenvalue weighted by Crippen LogP contribution is -2.43. The molecule has 0 spiro atoms. The van der Waals surface area contributed by atoms with Crippen molar-refractivity contribution in [3.05, 3.63) is 43.6 Å². The van der Waals surface area contributed by atoms with E-state index >= 15 is 0 Å². The van der Waals surface area contributed by atoms with Gasteiger partial charge in [0.05, 0.1) is 52.9 Å². The van der Waals surface area contributed by atoms with Gasteiger partial charge in [-0.2, -0.15) is 0 Å². The normalized spacial score (nSPS) is 13.8. The summed E-state index contributed by atoms with van der Waals surface area (Å²) >= 11 is 3.27. The van der Waals surface area contributed by atoms with Gasteiger partial charge in [-0.1, -0.05) is 29.6 Å². The molecule has 4 N–H and O–H groups in total. The van der Waals surface area contributed by atoms with Crippen LogP contribution in [-0.4, -0.2) is 89.2 Å². The molecule has 0 unspecified atom stereocenters. The topological polar surface area (TPSA) is 200 Å². The van der Waals surface area contributed by atoms with Crippen LogP contribution in [0.2, 0.25) is 0 Å². The van der Waals surface area contributed by atoms with Gasteiger partial charge < -0.3 is 39.9 Å². The minimum absolute atomic E-state index is 0.0163. The number of hydrogen-bond acceptors (Lipinski definition) is 17. The van der Waals surface area contributed by atoms with Crippen molar-refractivity contribution >= 4 is 90.3 Å². The first kappa shape index (κ1) is 38.6. The molecule has 1 fully saturated rings. The molecule has 0 aliphatic carbocycles. The zero-order valence-corrected chi connectivity index (χ0v) is 30.9. The van der Waals surface area contributed by atoms with E-state index in [9.17, 15) is 19.2 Å². The monoisotopic (exact) mass is 748 g/mol. The Balaban J connectivity index is 1.71. The van der Waals surface area contributed by atoms with Gasteiger partial charge in [-0.25, -0.2) is 29.2 Å². The van der Waals surface area contributed by atoms with Crippen LogP contribution in [0.15, 0.2) is 16.1 Å². The SMILES string of the molecule is CCOC(=O)c1c(N)sc(/N=C/c2cc(CCOCC3(C)COC3)c(/C=N/c3sc(N)c(C(=O)OCC)c3C(=O)OCC)s2)c1C(=O)OCC. The van der Waals surface area contributed by atoms with Crippen LogP contribution in [0.25, 0.3) is 0 Å². The summed E-state index contributed by atoms with van der Waals surface area (Å²) in [7, 11) is 0. The van der Waals surface area contributed by atoms with Gasteiger partial charge in [-0.15, -0.1) is 11.3 Å². The third-order valence-corrected chi connectivity index (χ3v) is 9.99. The van der Waals surface area contributed by atoms with Crippen molar-refractivity contribution in [2.24, 2.45) is 15.4 Å². The third kappa shape index (κ3) is 9.14. The standard InChI is InChI=1S/C33H40N4O10S3/c1-6-44-29(38)21-23(31(40)46-8-3)27(49-25(21)34)36-13-19-12-18(10-11-42-15-33(5)16-43-17-33)20(48-19)14-37-28-24(32(41)47-9-4)22(26(35)50-28)30(39)45-7-2/h12-14H,6-11,15-17,34-35H2,1-5H3/b36-13+,37-14+. The number of hydrogen-bond donors (Lipinski definition) is 2. The van der Waals surface area contributed by atoms with Gasteiger partial charge in [-0.3, -0.25) is 0 Å². The maximum Gasteiger partial charge on any atom is 0.342 e. The summed E-state index contributed by atoms with van der Waals surface area (Å²) in [5.41, 5.74) is 12.9. The van der Waals surface area contributed by atoms with Gasteiger partial charge in [0.2, 0.25) is 0 Å². The highest BCUT2D eigenvalue weighted by atomic mass is 32.1. The molecule has 14 nitrogen and oxygen atoms in total. The first-order valence-corrected chi connectivity index (χ1v) is 18.3. The zero-order chi connectivity index (χ0) is 36.4. The van der Waals surface area contributed by atoms with E-state index in [4.69, 9.17) is 39.9 Å². The van der Waals surface area contributed by atoms with E-state index in [1.165, 1.54) is 11.3 Å². The maximum absolute atomic E-state index is 13.0. The predicted octanol–water partition coefficient (Wildman–Crippen LogP) is 5.84. The number of nitrogens with zero attached hydrogens (tertiary/aromatic N) is 2. The molecular formula is C33H40N4O10S3. The average Bonchev–Trinajstić information content (AvgIpc) is 3.72. The lowest BCUT2D eigenvalue weighted by molar-refractivity contribution is -0.137. The molecule has 4 rings (SSSR count).